The van der Waals surface area contributed by atoms with Crippen LogP contribution in [-0.2, 0) is 17.6 Å². The predicted molar refractivity (Wildman–Crippen MR) is 74.5 cm³/mol. The molecule has 0 radical (unpaired) electrons. The van der Waals surface area contributed by atoms with Crippen LogP contribution in [0.3, 0.4) is 0 Å². The van der Waals surface area contributed by atoms with Gasteiger partial charge in [0.05, 0.1) is 5.69 Å². The number of carbonyl (C=O) groups excluding carboxylic acids is 1. The van der Waals surface area contributed by atoms with Crippen LogP contribution in [0.4, 0.5) is 10.5 Å². The lowest BCUT2D eigenvalue weighted by atomic mass is 10.0. The van der Waals surface area contributed by atoms with Crippen molar-refractivity contribution in [1.29, 1.82) is 0 Å². The van der Waals surface area contributed by atoms with Crippen molar-refractivity contribution in [2.45, 2.75) is 39.2 Å². The maximum absolute atomic E-state index is 12.1. The van der Waals surface area contributed by atoms with Crippen LogP contribution >= 0.6 is 0 Å². The van der Waals surface area contributed by atoms with Crippen LogP contribution in [0.2, 0.25) is 0 Å². The number of anilines is 1. The Morgan fingerprint density at radius 3 is 2.79 bits per heavy atom. The Balaban J connectivity index is 2.22. The van der Waals surface area contributed by atoms with Gasteiger partial charge in [-0.1, -0.05) is 12.1 Å². The summed E-state index contributed by atoms with van der Waals surface area (Å²) in [5.41, 5.74) is 2.70. The van der Waals surface area contributed by atoms with Crippen LogP contribution in [0.25, 0.3) is 0 Å². The van der Waals surface area contributed by atoms with Crippen molar-refractivity contribution in [3.05, 3.63) is 29.3 Å². The number of fused-ring (bicyclic) bond motifs is 1. The third-order valence-electron chi connectivity index (χ3n) is 3.12. The van der Waals surface area contributed by atoms with Gasteiger partial charge in [0, 0.05) is 13.2 Å². The van der Waals surface area contributed by atoms with Gasteiger partial charge < -0.3 is 9.84 Å². The number of hydrogen-bond donors (Lipinski definition) is 1. The lowest BCUT2D eigenvalue weighted by molar-refractivity contribution is 0.0584. The molecule has 1 aromatic rings. The monoisotopic (exact) mass is 263 g/mol. The van der Waals surface area contributed by atoms with Gasteiger partial charge in [0.1, 0.15) is 5.60 Å². The van der Waals surface area contributed by atoms with Gasteiger partial charge in [-0.05, 0) is 50.8 Å². The normalized spacial score (nSPS) is 14.4. The second kappa shape index (κ2) is 5.21. The van der Waals surface area contributed by atoms with E-state index in [-0.39, 0.29) is 12.7 Å². The average Bonchev–Trinajstić information content (AvgIpc) is 2.72. The van der Waals surface area contributed by atoms with Crippen LogP contribution in [0.5, 0.6) is 0 Å². The molecule has 4 heteroatoms. The summed E-state index contributed by atoms with van der Waals surface area (Å²) in [6, 6.07) is 5.87. The van der Waals surface area contributed by atoms with Crippen LogP contribution in [0.1, 0.15) is 31.9 Å². The first-order valence-corrected chi connectivity index (χ1v) is 6.64. The number of aliphatic hydroxyl groups is 1. The smallest absolute Gasteiger partial charge is 0.414 e. The minimum Gasteiger partial charge on any atom is -0.443 e. The quantitative estimate of drug-likeness (QED) is 0.892. The first-order chi connectivity index (χ1) is 8.92. The van der Waals surface area contributed by atoms with Crippen LogP contribution in [0.15, 0.2) is 18.2 Å². The molecule has 0 unspecified atom stereocenters. The molecule has 0 saturated heterocycles. The number of hydrogen-bond acceptors (Lipinski definition) is 3. The molecule has 0 fully saturated rings. The van der Waals surface area contributed by atoms with E-state index in [2.05, 4.69) is 0 Å². The zero-order valence-corrected chi connectivity index (χ0v) is 11.8. The number of aliphatic hydroxyl groups excluding tert-OH is 1. The lowest BCUT2D eigenvalue weighted by Gasteiger charge is -2.24. The van der Waals surface area contributed by atoms with Crippen LogP contribution in [0, 0.1) is 0 Å². The van der Waals surface area contributed by atoms with E-state index in [0.29, 0.717) is 13.0 Å². The SMILES string of the molecule is CC(C)(C)OC(=O)N1CCc2c(CCO)cccc21. The van der Waals surface area contributed by atoms with E-state index in [1.165, 1.54) is 0 Å². The van der Waals surface area contributed by atoms with Crippen LogP contribution in [-0.4, -0.2) is 30.0 Å². The van der Waals surface area contributed by atoms with Crippen molar-refractivity contribution in [3.8, 4) is 0 Å². The van der Waals surface area contributed by atoms with Gasteiger partial charge in [0.25, 0.3) is 0 Å². The molecule has 0 aromatic heterocycles. The standard InChI is InChI=1S/C15H21NO3/c1-15(2,3)19-14(18)16-9-7-12-11(8-10-17)5-4-6-13(12)16/h4-6,17H,7-10H2,1-3H3. The van der Waals surface area contributed by atoms with Gasteiger partial charge in [-0.2, -0.15) is 0 Å². The largest absolute Gasteiger partial charge is 0.443 e. The molecule has 4 nitrogen and oxygen atoms in total. The highest BCUT2D eigenvalue weighted by Crippen LogP contribution is 2.32. The summed E-state index contributed by atoms with van der Waals surface area (Å²) in [5.74, 6) is 0. The molecule has 1 aliphatic rings. The lowest BCUT2D eigenvalue weighted by Crippen LogP contribution is -2.35. The fourth-order valence-electron chi connectivity index (χ4n) is 2.37. The summed E-state index contributed by atoms with van der Waals surface area (Å²) in [6.07, 6.45) is 1.16. The Bertz CT molecular complexity index is 477. The summed E-state index contributed by atoms with van der Waals surface area (Å²) in [4.78, 5) is 13.8. The van der Waals surface area contributed by atoms with Gasteiger partial charge in [-0.25, -0.2) is 4.79 Å². The summed E-state index contributed by atoms with van der Waals surface area (Å²) in [5, 5.41) is 9.07. The second-order valence-corrected chi connectivity index (χ2v) is 5.77. The van der Waals surface area contributed by atoms with E-state index in [4.69, 9.17) is 9.84 Å². The first-order valence-electron chi connectivity index (χ1n) is 6.64. The molecule has 1 heterocycles. The molecule has 1 amide bonds. The maximum Gasteiger partial charge on any atom is 0.414 e. The number of nitrogens with zero attached hydrogens (tertiary/aromatic N) is 1. The van der Waals surface area contributed by atoms with E-state index >= 15 is 0 Å². The highest BCUT2D eigenvalue weighted by Gasteiger charge is 2.29. The topological polar surface area (TPSA) is 49.8 Å². The zero-order valence-electron chi connectivity index (χ0n) is 11.8. The van der Waals surface area contributed by atoms with Crippen molar-refractivity contribution >= 4 is 11.8 Å². The first kappa shape index (κ1) is 13.9. The number of carbonyl (C=O) groups is 1. The molecule has 0 saturated carbocycles. The molecular weight excluding hydrogens is 242 g/mol. The maximum atomic E-state index is 12.1. The summed E-state index contributed by atoms with van der Waals surface area (Å²) >= 11 is 0. The Kier molecular flexibility index (Phi) is 3.80. The second-order valence-electron chi connectivity index (χ2n) is 5.77. The highest BCUT2D eigenvalue weighted by atomic mass is 16.6. The summed E-state index contributed by atoms with van der Waals surface area (Å²) in [6.45, 7) is 6.37. The van der Waals surface area contributed by atoms with Gasteiger partial charge in [0.15, 0.2) is 0 Å². The number of amides is 1. The predicted octanol–water partition coefficient (Wildman–Crippen LogP) is 2.52. The molecule has 19 heavy (non-hydrogen) atoms. The Morgan fingerprint density at radius 2 is 2.16 bits per heavy atom. The van der Waals surface area contributed by atoms with Gasteiger partial charge in [0.2, 0.25) is 0 Å². The number of ether oxygens (including phenoxy) is 1. The van der Waals surface area contributed by atoms with Crippen LogP contribution < -0.4 is 4.90 Å². The molecule has 0 atom stereocenters. The molecule has 104 valence electrons. The van der Waals surface area contributed by atoms with E-state index in [1.807, 2.05) is 39.0 Å². The summed E-state index contributed by atoms with van der Waals surface area (Å²) < 4.78 is 5.42. The number of benzene rings is 1. The fraction of sp³-hybridized carbons (Fsp3) is 0.533. The highest BCUT2D eigenvalue weighted by molar-refractivity contribution is 5.90. The molecule has 1 aliphatic heterocycles. The van der Waals surface area contributed by atoms with E-state index < -0.39 is 5.60 Å². The van der Waals surface area contributed by atoms with Crippen molar-refractivity contribution in [2.24, 2.45) is 0 Å². The Morgan fingerprint density at radius 1 is 1.42 bits per heavy atom. The zero-order chi connectivity index (χ0) is 14.0. The van der Waals surface area contributed by atoms with Crippen molar-refractivity contribution in [1.82, 2.24) is 0 Å². The van der Waals surface area contributed by atoms with Crippen molar-refractivity contribution in [3.63, 3.8) is 0 Å². The number of rotatable bonds is 2. The molecule has 0 aliphatic carbocycles. The molecule has 0 spiro atoms. The molecule has 1 N–H and O–H groups in total. The molecule has 1 aromatic carbocycles. The van der Waals surface area contributed by atoms with E-state index in [0.717, 1.165) is 23.2 Å². The minimum atomic E-state index is -0.484. The third kappa shape index (κ3) is 3.07. The molecule has 2 rings (SSSR count). The summed E-state index contributed by atoms with van der Waals surface area (Å²) in [7, 11) is 0. The Labute approximate surface area is 114 Å². The minimum absolute atomic E-state index is 0.128. The average molecular weight is 263 g/mol. The molecule has 0 bridgehead atoms. The van der Waals surface area contributed by atoms with Gasteiger partial charge in [-0.15, -0.1) is 0 Å². The van der Waals surface area contributed by atoms with Crippen molar-refractivity contribution < 1.29 is 14.6 Å². The van der Waals surface area contributed by atoms with Gasteiger partial charge in [-0.3, -0.25) is 4.90 Å². The molecular formula is C15H21NO3. The van der Waals surface area contributed by atoms with E-state index in [9.17, 15) is 4.79 Å². The fourth-order valence-corrected chi connectivity index (χ4v) is 2.37. The van der Waals surface area contributed by atoms with Crippen molar-refractivity contribution in [2.75, 3.05) is 18.1 Å². The Hall–Kier alpha value is -1.55. The third-order valence-corrected chi connectivity index (χ3v) is 3.12. The van der Waals surface area contributed by atoms with E-state index in [1.54, 1.807) is 4.90 Å². The van der Waals surface area contributed by atoms with Gasteiger partial charge >= 0.3 is 6.09 Å².